The van der Waals surface area contributed by atoms with Crippen molar-refractivity contribution < 1.29 is 13.6 Å². The summed E-state index contributed by atoms with van der Waals surface area (Å²) in [6.07, 6.45) is 1.92. The Kier molecular flexibility index (Phi) is 6.00. The van der Waals surface area contributed by atoms with E-state index in [4.69, 9.17) is 0 Å². The van der Waals surface area contributed by atoms with E-state index < -0.39 is 5.82 Å². The van der Waals surface area contributed by atoms with Crippen molar-refractivity contribution in [3.63, 3.8) is 0 Å². The van der Waals surface area contributed by atoms with Crippen molar-refractivity contribution >= 4 is 17.3 Å². The smallest absolute Gasteiger partial charge is 0.269 e. The molecule has 2 aliphatic rings. The van der Waals surface area contributed by atoms with Crippen LogP contribution < -0.4 is 15.8 Å². The third-order valence-electron chi connectivity index (χ3n) is 6.44. The van der Waals surface area contributed by atoms with Gasteiger partial charge in [0.15, 0.2) is 0 Å². The van der Waals surface area contributed by atoms with Crippen molar-refractivity contribution in [2.45, 2.75) is 19.3 Å². The van der Waals surface area contributed by atoms with Gasteiger partial charge < -0.3 is 15.1 Å². The van der Waals surface area contributed by atoms with Crippen molar-refractivity contribution in [3.8, 4) is 0 Å². The predicted molar refractivity (Wildman–Crippen MR) is 125 cm³/mol. The second-order valence-electron chi connectivity index (χ2n) is 8.63. The minimum atomic E-state index is -0.573. The Hall–Kier alpha value is -3.75. The highest BCUT2D eigenvalue weighted by Crippen LogP contribution is 2.25. The van der Waals surface area contributed by atoms with Gasteiger partial charge in [0.1, 0.15) is 11.6 Å². The molecule has 1 aromatic heterocycles. The molecule has 0 bridgehead atoms. The molecule has 3 heterocycles. The highest BCUT2D eigenvalue weighted by Gasteiger charge is 2.25. The molecule has 0 radical (unpaired) electrons. The molecular formula is C25H25F2N5O2. The van der Waals surface area contributed by atoms with Crippen LogP contribution in [-0.4, -0.2) is 53.7 Å². The fraction of sp³-hybridized carbons (Fsp3) is 0.320. The molecule has 176 valence electrons. The molecule has 0 saturated carbocycles. The summed E-state index contributed by atoms with van der Waals surface area (Å²) in [7, 11) is 0. The Labute approximate surface area is 195 Å². The van der Waals surface area contributed by atoms with Gasteiger partial charge in [0.25, 0.3) is 11.5 Å². The van der Waals surface area contributed by atoms with Crippen LogP contribution in [0.4, 0.5) is 20.2 Å². The number of fused-ring (bicyclic) bond motifs is 1. The Morgan fingerprint density at radius 1 is 1.06 bits per heavy atom. The molecule has 0 atom stereocenters. The molecule has 1 amide bonds. The SMILES string of the molecule is O=C(c1cc(Cc2n[nH]c(=O)c3c2NCCC3)ccc1F)N1CCN(c2cccc(F)c2)CC1. The van der Waals surface area contributed by atoms with Crippen LogP contribution in [0.25, 0.3) is 0 Å². The van der Waals surface area contributed by atoms with E-state index in [2.05, 4.69) is 15.5 Å². The van der Waals surface area contributed by atoms with Crippen LogP contribution in [0.5, 0.6) is 0 Å². The standard InChI is InChI=1S/C25H25F2N5O2/c26-17-3-1-4-18(15-17)31-9-11-32(12-10-31)25(34)20-13-16(6-7-21(20)27)14-22-23-19(5-2-8-28-23)24(33)30-29-22/h1,3-4,6-7,13,15,28H,2,5,8-12,14H2,(H,30,33). The number of benzene rings is 2. The maximum atomic E-state index is 14.7. The van der Waals surface area contributed by atoms with Crippen molar-refractivity contribution in [2.24, 2.45) is 0 Å². The number of carbonyl (C=O) groups is 1. The summed E-state index contributed by atoms with van der Waals surface area (Å²) in [4.78, 5) is 28.9. The molecule has 2 N–H and O–H groups in total. The largest absolute Gasteiger partial charge is 0.383 e. The zero-order valence-corrected chi connectivity index (χ0v) is 18.6. The first-order valence-electron chi connectivity index (χ1n) is 11.4. The number of carbonyl (C=O) groups excluding carboxylic acids is 1. The summed E-state index contributed by atoms with van der Waals surface area (Å²) in [5.74, 6) is -1.24. The number of rotatable bonds is 4. The van der Waals surface area contributed by atoms with Crippen LogP contribution in [0.15, 0.2) is 47.3 Å². The number of hydrogen-bond acceptors (Lipinski definition) is 5. The number of hydrogen-bond donors (Lipinski definition) is 2. The highest BCUT2D eigenvalue weighted by atomic mass is 19.1. The molecule has 9 heteroatoms. The van der Waals surface area contributed by atoms with E-state index in [-0.39, 0.29) is 22.8 Å². The van der Waals surface area contributed by atoms with E-state index in [1.807, 2.05) is 11.0 Å². The van der Waals surface area contributed by atoms with Gasteiger partial charge in [-0.3, -0.25) is 9.59 Å². The zero-order valence-electron chi connectivity index (χ0n) is 18.6. The normalized spacial score (nSPS) is 15.6. The number of anilines is 2. The molecule has 2 aliphatic heterocycles. The second kappa shape index (κ2) is 9.24. The summed E-state index contributed by atoms with van der Waals surface area (Å²) in [5, 5.41) is 10.00. The fourth-order valence-electron chi connectivity index (χ4n) is 4.63. The Morgan fingerprint density at radius 3 is 2.68 bits per heavy atom. The molecule has 0 unspecified atom stereocenters. The number of H-pyrrole nitrogens is 1. The number of nitrogens with zero attached hydrogens (tertiary/aromatic N) is 3. The van der Waals surface area contributed by atoms with Gasteiger partial charge in [0.05, 0.1) is 16.9 Å². The van der Waals surface area contributed by atoms with Crippen LogP contribution in [0.1, 0.15) is 33.6 Å². The molecule has 5 rings (SSSR count). The maximum absolute atomic E-state index is 14.7. The predicted octanol–water partition coefficient (Wildman–Crippen LogP) is 2.96. The minimum absolute atomic E-state index is 0.0166. The first kappa shape index (κ1) is 22.1. The van der Waals surface area contributed by atoms with Crippen LogP contribution in [0.3, 0.4) is 0 Å². The number of aromatic amines is 1. The first-order chi connectivity index (χ1) is 16.5. The van der Waals surface area contributed by atoms with Gasteiger partial charge in [-0.15, -0.1) is 0 Å². The monoisotopic (exact) mass is 465 g/mol. The lowest BCUT2D eigenvalue weighted by Gasteiger charge is -2.36. The van der Waals surface area contributed by atoms with E-state index in [0.29, 0.717) is 50.3 Å². The summed E-state index contributed by atoms with van der Waals surface area (Å²) in [6.45, 7) is 2.67. The van der Waals surface area contributed by atoms with Crippen LogP contribution in [0.2, 0.25) is 0 Å². The lowest BCUT2D eigenvalue weighted by atomic mass is 9.99. The van der Waals surface area contributed by atoms with Crippen molar-refractivity contribution in [2.75, 3.05) is 42.9 Å². The van der Waals surface area contributed by atoms with Gasteiger partial charge >= 0.3 is 0 Å². The minimum Gasteiger partial charge on any atom is -0.383 e. The van der Waals surface area contributed by atoms with Gasteiger partial charge in [0, 0.05) is 50.4 Å². The van der Waals surface area contributed by atoms with E-state index in [1.54, 1.807) is 23.1 Å². The first-order valence-corrected chi connectivity index (χ1v) is 11.4. The average molecular weight is 466 g/mol. The maximum Gasteiger partial charge on any atom is 0.269 e. The molecule has 1 saturated heterocycles. The number of piperazine rings is 1. The van der Waals surface area contributed by atoms with Gasteiger partial charge in [0.2, 0.25) is 0 Å². The molecule has 2 aromatic carbocycles. The van der Waals surface area contributed by atoms with Gasteiger partial charge in [-0.05, 0) is 48.7 Å². The Bertz CT molecular complexity index is 1280. The molecule has 34 heavy (non-hydrogen) atoms. The average Bonchev–Trinajstić information content (AvgIpc) is 2.87. The molecular weight excluding hydrogens is 440 g/mol. The Morgan fingerprint density at radius 2 is 1.88 bits per heavy atom. The van der Waals surface area contributed by atoms with E-state index in [9.17, 15) is 18.4 Å². The van der Waals surface area contributed by atoms with E-state index >= 15 is 0 Å². The molecule has 3 aromatic rings. The summed E-state index contributed by atoms with van der Waals surface area (Å²) in [5.41, 5.74) is 3.42. The summed E-state index contributed by atoms with van der Waals surface area (Å²) >= 11 is 0. The quantitative estimate of drug-likeness (QED) is 0.619. The van der Waals surface area contributed by atoms with Crippen LogP contribution in [0, 0.1) is 11.6 Å². The third kappa shape index (κ3) is 4.37. The summed E-state index contributed by atoms with van der Waals surface area (Å²) in [6, 6.07) is 10.9. The van der Waals surface area contributed by atoms with E-state index in [1.165, 1.54) is 18.2 Å². The summed E-state index contributed by atoms with van der Waals surface area (Å²) < 4.78 is 28.2. The Balaban J connectivity index is 1.32. The van der Waals surface area contributed by atoms with Gasteiger partial charge in [-0.1, -0.05) is 12.1 Å². The van der Waals surface area contributed by atoms with Crippen molar-refractivity contribution in [3.05, 3.63) is 86.8 Å². The van der Waals surface area contributed by atoms with Crippen molar-refractivity contribution in [1.82, 2.24) is 15.1 Å². The number of nitrogens with one attached hydrogen (secondary N) is 2. The third-order valence-corrected chi connectivity index (χ3v) is 6.44. The number of aromatic nitrogens is 2. The fourth-order valence-corrected chi connectivity index (χ4v) is 4.63. The van der Waals surface area contributed by atoms with Gasteiger partial charge in [-0.2, -0.15) is 5.10 Å². The van der Waals surface area contributed by atoms with Gasteiger partial charge in [-0.25, -0.2) is 13.9 Å². The second-order valence-corrected chi connectivity index (χ2v) is 8.63. The molecule has 7 nitrogen and oxygen atoms in total. The topological polar surface area (TPSA) is 81.3 Å². The molecule has 0 spiro atoms. The van der Waals surface area contributed by atoms with E-state index in [0.717, 1.165) is 29.9 Å². The highest BCUT2D eigenvalue weighted by molar-refractivity contribution is 5.95. The molecule has 1 fully saturated rings. The van der Waals surface area contributed by atoms with Crippen LogP contribution in [-0.2, 0) is 12.8 Å². The van der Waals surface area contributed by atoms with Crippen molar-refractivity contribution in [1.29, 1.82) is 0 Å². The van der Waals surface area contributed by atoms with Crippen LogP contribution >= 0.6 is 0 Å². The number of halogens is 2. The zero-order chi connectivity index (χ0) is 23.7. The number of amides is 1. The lowest BCUT2D eigenvalue weighted by molar-refractivity contribution is 0.0742. The lowest BCUT2D eigenvalue weighted by Crippen LogP contribution is -2.49. The molecule has 0 aliphatic carbocycles.